The van der Waals surface area contributed by atoms with Crippen molar-refractivity contribution in [1.82, 2.24) is 15.8 Å². The van der Waals surface area contributed by atoms with Crippen LogP contribution < -0.4 is 16.2 Å². The van der Waals surface area contributed by atoms with Gasteiger partial charge in [0.25, 0.3) is 0 Å². The fourth-order valence-corrected chi connectivity index (χ4v) is 3.12. The van der Waals surface area contributed by atoms with Crippen LogP contribution in [0.2, 0.25) is 0 Å². The van der Waals surface area contributed by atoms with Crippen LogP contribution in [0.25, 0.3) is 0 Å². The van der Waals surface area contributed by atoms with Crippen LogP contribution >= 0.6 is 0 Å². The lowest BCUT2D eigenvalue weighted by molar-refractivity contribution is -0.122. The number of hydrogen-bond donors (Lipinski definition) is 4. The third-order valence-electron chi connectivity index (χ3n) is 4.14. The predicted molar refractivity (Wildman–Crippen MR) is 68.4 cm³/mol. The van der Waals surface area contributed by atoms with Gasteiger partial charge in [-0.15, -0.1) is 0 Å². The molecular formula is C13H14N4O2. The fourth-order valence-electron chi connectivity index (χ4n) is 3.12. The summed E-state index contributed by atoms with van der Waals surface area (Å²) in [7, 11) is 0. The van der Waals surface area contributed by atoms with Gasteiger partial charge in [0.05, 0.1) is 5.41 Å². The zero-order valence-electron chi connectivity index (χ0n) is 10.2. The Morgan fingerprint density at radius 1 is 1.37 bits per heavy atom. The van der Waals surface area contributed by atoms with Crippen molar-refractivity contribution in [2.24, 2.45) is 0 Å². The number of carbonyl (C=O) groups excluding carboxylic acids is 1. The van der Waals surface area contributed by atoms with Crippen LogP contribution in [0.4, 0.5) is 5.69 Å². The first-order chi connectivity index (χ1) is 9.21. The number of nitrogens with one attached hydrogen (secondary N) is 3. The first-order valence-electron chi connectivity index (χ1n) is 6.28. The number of para-hydroxylation sites is 1. The van der Waals surface area contributed by atoms with Gasteiger partial charge in [-0.3, -0.25) is 4.79 Å². The Morgan fingerprint density at radius 3 is 3.11 bits per heavy atom. The highest BCUT2D eigenvalue weighted by molar-refractivity contribution is 6.06. The molecule has 1 aromatic rings. The number of amides is 1. The lowest BCUT2D eigenvalue weighted by Crippen LogP contribution is -2.50. The van der Waals surface area contributed by atoms with Gasteiger partial charge in [0, 0.05) is 12.2 Å². The summed E-state index contributed by atoms with van der Waals surface area (Å²) in [6.45, 7) is 0.461. The maximum absolute atomic E-state index is 12.4. The third kappa shape index (κ3) is 1.30. The molecule has 1 spiro atoms. The summed E-state index contributed by atoms with van der Waals surface area (Å²) >= 11 is 0. The van der Waals surface area contributed by atoms with Crippen molar-refractivity contribution >= 4 is 11.6 Å². The van der Waals surface area contributed by atoms with Crippen molar-refractivity contribution in [3.63, 3.8) is 0 Å². The minimum Gasteiger partial charge on any atom is -0.360 e. The molecule has 6 nitrogen and oxygen atoms in total. The largest absolute Gasteiger partial charge is 0.360 e. The Balaban J connectivity index is 1.82. The zero-order chi connectivity index (χ0) is 13.0. The van der Waals surface area contributed by atoms with E-state index < -0.39 is 11.8 Å². The van der Waals surface area contributed by atoms with E-state index in [1.165, 1.54) is 0 Å². The molecule has 1 amide bonds. The smallest absolute Gasteiger partial charge is 0.237 e. The summed E-state index contributed by atoms with van der Waals surface area (Å²) in [6.07, 6.45) is 1.78. The molecule has 0 aromatic heterocycles. The molecule has 0 aliphatic carbocycles. The number of aliphatic hydroxyl groups is 1. The number of benzene rings is 1. The van der Waals surface area contributed by atoms with E-state index in [1.807, 2.05) is 30.3 Å². The molecule has 4 rings (SSSR count). The second kappa shape index (κ2) is 3.49. The normalized spacial score (nSPS) is 31.6. The number of hydrogen-bond acceptors (Lipinski definition) is 5. The molecular weight excluding hydrogens is 244 g/mol. The molecule has 1 aromatic carbocycles. The Kier molecular flexibility index (Phi) is 1.99. The summed E-state index contributed by atoms with van der Waals surface area (Å²) in [5.41, 5.74) is 6.93. The summed E-state index contributed by atoms with van der Waals surface area (Å²) in [6, 6.07) is 7.75. The Labute approximate surface area is 110 Å². The highest BCUT2D eigenvalue weighted by Crippen LogP contribution is 2.44. The number of allylic oxidation sites excluding steroid dienone is 1. The van der Waals surface area contributed by atoms with Crippen molar-refractivity contribution in [3.8, 4) is 0 Å². The molecule has 3 aliphatic rings. The maximum Gasteiger partial charge on any atom is 0.237 e. The summed E-state index contributed by atoms with van der Waals surface area (Å²) in [5, 5.41) is 12.8. The molecule has 4 N–H and O–H groups in total. The summed E-state index contributed by atoms with van der Waals surface area (Å²) in [5.74, 6) is 0.832. The third-order valence-corrected chi connectivity index (χ3v) is 4.14. The van der Waals surface area contributed by atoms with Gasteiger partial charge < -0.3 is 20.7 Å². The molecule has 98 valence electrons. The van der Waals surface area contributed by atoms with Crippen molar-refractivity contribution < 1.29 is 9.90 Å². The molecule has 0 bridgehead atoms. The van der Waals surface area contributed by atoms with E-state index in [0.29, 0.717) is 13.0 Å². The first-order valence-corrected chi connectivity index (χ1v) is 6.28. The number of carbonyl (C=O) groups is 1. The lowest BCUT2D eigenvalue weighted by atomic mass is 9.76. The van der Waals surface area contributed by atoms with Crippen molar-refractivity contribution in [2.45, 2.75) is 18.2 Å². The highest BCUT2D eigenvalue weighted by Gasteiger charge is 2.51. The summed E-state index contributed by atoms with van der Waals surface area (Å²) < 4.78 is 0. The van der Waals surface area contributed by atoms with E-state index in [4.69, 9.17) is 0 Å². The highest BCUT2D eigenvalue weighted by atomic mass is 16.3. The van der Waals surface area contributed by atoms with Crippen LogP contribution in [0.15, 0.2) is 36.2 Å². The lowest BCUT2D eigenvalue weighted by Gasteiger charge is -2.36. The van der Waals surface area contributed by atoms with Gasteiger partial charge in [-0.05, 0) is 24.1 Å². The molecule has 6 heteroatoms. The topological polar surface area (TPSA) is 76.6 Å². The second-order valence-corrected chi connectivity index (χ2v) is 5.15. The van der Waals surface area contributed by atoms with Crippen molar-refractivity contribution in [2.75, 3.05) is 11.9 Å². The van der Waals surface area contributed by atoms with E-state index >= 15 is 0 Å². The van der Waals surface area contributed by atoms with Crippen LogP contribution in [0, 0.1) is 0 Å². The van der Waals surface area contributed by atoms with E-state index in [1.54, 1.807) is 4.90 Å². The van der Waals surface area contributed by atoms with Crippen LogP contribution in [-0.2, 0) is 10.2 Å². The number of hydrazine groups is 1. The minimum atomic E-state index is -0.802. The number of anilines is 1. The standard InChI is InChI=1S/C13H14N4O2/c18-11-13(8-3-1-2-4-9(8)14-11)6-5-10-15-16-12(19)17(10)7-13/h1-5,12,15-16,19H,6-7H2,(H,14,18). The van der Waals surface area contributed by atoms with Gasteiger partial charge in [0.2, 0.25) is 12.3 Å². The molecule has 2 unspecified atom stereocenters. The van der Waals surface area contributed by atoms with Gasteiger partial charge in [-0.1, -0.05) is 18.2 Å². The molecule has 3 heterocycles. The fraction of sp³-hybridized carbons (Fsp3) is 0.308. The van der Waals surface area contributed by atoms with E-state index in [2.05, 4.69) is 16.2 Å². The second-order valence-electron chi connectivity index (χ2n) is 5.15. The van der Waals surface area contributed by atoms with Gasteiger partial charge >= 0.3 is 0 Å². The number of nitrogens with zero attached hydrogens (tertiary/aromatic N) is 1. The van der Waals surface area contributed by atoms with Crippen LogP contribution in [0.5, 0.6) is 0 Å². The monoisotopic (exact) mass is 258 g/mol. The van der Waals surface area contributed by atoms with E-state index in [9.17, 15) is 9.90 Å². The molecule has 0 radical (unpaired) electrons. The SMILES string of the molecule is O=C1Nc2ccccc2C12CC=C1NNC(O)N1C2. The van der Waals surface area contributed by atoms with Crippen LogP contribution in [0.1, 0.15) is 12.0 Å². The molecule has 1 fully saturated rings. The number of aliphatic hydroxyl groups excluding tert-OH is 1. The predicted octanol–water partition coefficient (Wildman–Crippen LogP) is -0.193. The number of fused-ring (bicyclic) bond motifs is 3. The molecule has 0 saturated carbocycles. The van der Waals surface area contributed by atoms with E-state index in [-0.39, 0.29) is 5.91 Å². The van der Waals surface area contributed by atoms with Gasteiger partial charge in [0.15, 0.2) is 0 Å². The maximum atomic E-state index is 12.4. The summed E-state index contributed by atoms with van der Waals surface area (Å²) in [4.78, 5) is 14.2. The van der Waals surface area contributed by atoms with Crippen molar-refractivity contribution in [3.05, 3.63) is 41.7 Å². The molecule has 19 heavy (non-hydrogen) atoms. The average Bonchev–Trinajstić information content (AvgIpc) is 2.92. The zero-order valence-corrected chi connectivity index (χ0v) is 10.2. The van der Waals surface area contributed by atoms with E-state index in [0.717, 1.165) is 17.1 Å². The molecule has 1 saturated heterocycles. The van der Waals surface area contributed by atoms with Gasteiger partial charge in [-0.25, -0.2) is 0 Å². The Morgan fingerprint density at radius 2 is 2.21 bits per heavy atom. The number of rotatable bonds is 0. The average molecular weight is 258 g/mol. The molecule has 3 aliphatic heterocycles. The van der Waals surface area contributed by atoms with Gasteiger partial charge in [0.1, 0.15) is 5.82 Å². The van der Waals surface area contributed by atoms with Crippen LogP contribution in [-0.4, -0.2) is 28.8 Å². The quantitative estimate of drug-likeness (QED) is 0.519. The van der Waals surface area contributed by atoms with Crippen LogP contribution in [0.3, 0.4) is 0 Å². The minimum absolute atomic E-state index is 0.00287. The first kappa shape index (κ1) is 10.8. The Hall–Kier alpha value is -2.05. The van der Waals surface area contributed by atoms with Crippen molar-refractivity contribution in [1.29, 1.82) is 0 Å². The van der Waals surface area contributed by atoms with Gasteiger partial charge in [-0.2, -0.15) is 5.43 Å². The molecule has 2 atom stereocenters. The Bertz CT molecular complexity index is 600.